The van der Waals surface area contributed by atoms with Crippen LogP contribution < -0.4 is 21.7 Å². The van der Waals surface area contributed by atoms with Gasteiger partial charge in [0, 0.05) is 5.75 Å². The van der Waals surface area contributed by atoms with Crippen LogP contribution >= 0.6 is 12.6 Å². The van der Waals surface area contributed by atoms with E-state index >= 15 is 0 Å². The number of hydrogen-bond donors (Lipinski definition) is 7. The highest BCUT2D eigenvalue weighted by molar-refractivity contribution is 7.80. The smallest absolute Gasteiger partial charge is 0.326 e. The highest BCUT2D eigenvalue weighted by Crippen LogP contribution is 2.09. The quantitative estimate of drug-likeness (QED) is 0.174. The number of nitrogens with two attached hydrogens (primary N) is 1. The second-order valence-corrected chi connectivity index (χ2v) is 8.07. The number of carbonyl (C=O) groups excluding carboxylic acids is 3. The number of carboxylic acids is 2. The van der Waals surface area contributed by atoms with E-state index < -0.39 is 66.2 Å². The van der Waals surface area contributed by atoms with Gasteiger partial charge in [-0.2, -0.15) is 12.6 Å². The van der Waals surface area contributed by atoms with Gasteiger partial charge in [0.05, 0.1) is 12.5 Å². The van der Waals surface area contributed by atoms with Crippen LogP contribution in [0.25, 0.3) is 0 Å². The van der Waals surface area contributed by atoms with Crippen LogP contribution in [0.3, 0.4) is 0 Å². The summed E-state index contributed by atoms with van der Waals surface area (Å²) in [4.78, 5) is 59.4. The summed E-state index contributed by atoms with van der Waals surface area (Å²) in [7, 11) is 0. The first-order chi connectivity index (χ1) is 13.8. The van der Waals surface area contributed by atoms with Crippen molar-refractivity contribution in [2.75, 3.05) is 5.75 Å². The predicted molar refractivity (Wildman–Crippen MR) is 112 cm³/mol. The Labute approximate surface area is 180 Å². The molecule has 30 heavy (non-hydrogen) atoms. The molecule has 4 unspecified atom stereocenters. The van der Waals surface area contributed by atoms with Crippen LogP contribution in [0.5, 0.6) is 0 Å². The summed E-state index contributed by atoms with van der Waals surface area (Å²) in [6, 6.07) is -4.66. The largest absolute Gasteiger partial charge is 0.481 e. The number of nitrogens with one attached hydrogen (secondary N) is 3. The molecule has 0 aliphatic rings. The van der Waals surface area contributed by atoms with E-state index in [1.54, 1.807) is 13.8 Å². The predicted octanol–water partition coefficient (Wildman–Crippen LogP) is -1.04. The molecule has 0 spiro atoms. The maximum Gasteiger partial charge on any atom is 0.326 e. The Hall–Kier alpha value is -2.34. The van der Waals surface area contributed by atoms with E-state index in [0.29, 0.717) is 0 Å². The molecule has 0 aliphatic carbocycles. The van der Waals surface area contributed by atoms with Gasteiger partial charge in [-0.25, -0.2) is 4.79 Å². The molecule has 0 aromatic carbocycles. The second kappa shape index (κ2) is 13.1. The van der Waals surface area contributed by atoms with E-state index in [2.05, 4.69) is 28.6 Å². The number of hydrogen-bond acceptors (Lipinski definition) is 7. The molecule has 172 valence electrons. The third-order valence-electron chi connectivity index (χ3n) is 4.11. The van der Waals surface area contributed by atoms with Gasteiger partial charge in [0.15, 0.2) is 0 Å². The lowest BCUT2D eigenvalue weighted by molar-refractivity contribution is -0.147. The lowest BCUT2D eigenvalue weighted by Crippen LogP contribution is -2.58. The van der Waals surface area contributed by atoms with E-state index in [1.807, 2.05) is 13.8 Å². The zero-order valence-corrected chi connectivity index (χ0v) is 18.4. The molecule has 0 heterocycles. The first kappa shape index (κ1) is 27.7. The zero-order valence-electron chi connectivity index (χ0n) is 17.5. The Kier molecular flexibility index (Phi) is 12.0. The van der Waals surface area contributed by atoms with Crippen molar-refractivity contribution in [1.29, 1.82) is 0 Å². The Morgan fingerprint density at radius 3 is 1.80 bits per heavy atom. The minimum absolute atomic E-state index is 0.0339. The molecule has 0 aliphatic heterocycles. The summed E-state index contributed by atoms with van der Waals surface area (Å²) in [5.74, 6) is -5.27. The van der Waals surface area contributed by atoms with Crippen molar-refractivity contribution >= 4 is 42.3 Å². The molecule has 0 bridgehead atoms. The third kappa shape index (κ3) is 9.92. The lowest BCUT2D eigenvalue weighted by Gasteiger charge is -2.27. The minimum Gasteiger partial charge on any atom is -0.481 e. The molecular weight excluding hydrogens is 416 g/mol. The molecule has 0 aromatic heterocycles. The van der Waals surface area contributed by atoms with Crippen molar-refractivity contribution in [3.63, 3.8) is 0 Å². The highest BCUT2D eigenvalue weighted by atomic mass is 32.1. The number of carbonyl (C=O) groups is 5. The Morgan fingerprint density at radius 2 is 1.40 bits per heavy atom. The molecule has 11 nitrogen and oxygen atoms in total. The van der Waals surface area contributed by atoms with Crippen LogP contribution in [0.4, 0.5) is 0 Å². The van der Waals surface area contributed by atoms with Gasteiger partial charge in [-0.1, -0.05) is 27.7 Å². The van der Waals surface area contributed by atoms with Crippen molar-refractivity contribution < 1.29 is 34.2 Å². The second-order valence-electron chi connectivity index (χ2n) is 7.71. The van der Waals surface area contributed by atoms with E-state index in [1.165, 1.54) is 0 Å². The van der Waals surface area contributed by atoms with E-state index in [-0.39, 0.29) is 18.1 Å². The first-order valence-corrected chi connectivity index (χ1v) is 10.1. The summed E-state index contributed by atoms with van der Waals surface area (Å²) < 4.78 is 0. The average molecular weight is 449 g/mol. The number of aliphatic carboxylic acids is 2. The molecule has 7 N–H and O–H groups in total. The Balaban J connectivity index is 5.40. The molecule has 0 saturated heterocycles. The summed E-state index contributed by atoms with van der Waals surface area (Å²) in [6.07, 6.45) is -0.534. The molecule has 0 fully saturated rings. The summed E-state index contributed by atoms with van der Waals surface area (Å²) in [5, 5.41) is 25.1. The Morgan fingerprint density at radius 1 is 0.867 bits per heavy atom. The van der Waals surface area contributed by atoms with Gasteiger partial charge in [-0.3, -0.25) is 19.2 Å². The SMILES string of the molecule is CC(C)CC(NC(=O)C(N)CS)C(=O)NC(C(=O)NC(CC(=O)O)C(=O)O)C(C)C. The molecule has 0 aromatic rings. The third-order valence-corrected chi connectivity index (χ3v) is 4.51. The highest BCUT2D eigenvalue weighted by Gasteiger charge is 2.32. The number of carboxylic acid groups (broad SMARTS) is 2. The fourth-order valence-electron chi connectivity index (χ4n) is 2.49. The summed E-state index contributed by atoms with van der Waals surface area (Å²) in [5.41, 5.74) is 5.63. The van der Waals surface area contributed by atoms with Crippen molar-refractivity contribution in [3.8, 4) is 0 Å². The van der Waals surface area contributed by atoms with E-state index in [9.17, 15) is 24.0 Å². The molecule has 4 atom stereocenters. The Bertz CT molecular complexity index is 642. The average Bonchev–Trinajstić information content (AvgIpc) is 2.62. The van der Waals surface area contributed by atoms with Gasteiger partial charge in [-0.15, -0.1) is 0 Å². The minimum atomic E-state index is -1.65. The number of thiol groups is 1. The molecule has 0 saturated carbocycles. The first-order valence-electron chi connectivity index (χ1n) is 9.52. The van der Waals surface area contributed by atoms with Crippen molar-refractivity contribution in [2.24, 2.45) is 17.6 Å². The van der Waals surface area contributed by atoms with Crippen LogP contribution in [-0.4, -0.2) is 69.8 Å². The van der Waals surface area contributed by atoms with Crippen LogP contribution in [-0.2, 0) is 24.0 Å². The van der Waals surface area contributed by atoms with Crippen molar-refractivity contribution in [1.82, 2.24) is 16.0 Å². The van der Waals surface area contributed by atoms with Gasteiger partial charge in [0.25, 0.3) is 0 Å². The van der Waals surface area contributed by atoms with Crippen molar-refractivity contribution in [2.45, 2.75) is 64.7 Å². The van der Waals surface area contributed by atoms with E-state index in [4.69, 9.17) is 15.9 Å². The fraction of sp³-hybridized carbons (Fsp3) is 0.722. The normalized spacial score (nSPS) is 15.1. The standard InChI is InChI=1S/C18H32N4O7S/c1-8(2)5-11(20-15(25)10(19)7-30)16(26)22-14(9(3)4)17(27)21-12(18(28)29)6-13(23)24/h8-12,14,30H,5-7,19H2,1-4H3,(H,20,25)(H,21,27)(H,22,26)(H,23,24)(H,28,29). The lowest BCUT2D eigenvalue weighted by atomic mass is 9.99. The maximum atomic E-state index is 12.8. The maximum absolute atomic E-state index is 12.8. The van der Waals surface area contributed by atoms with Gasteiger partial charge in [0.1, 0.15) is 18.1 Å². The topological polar surface area (TPSA) is 188 Å². The summed E-state index contributed by atoms with van der Waals surface area (Å²) >= 11 is 3.95. The van der Waals surface area contributed by atoms with Crippen LogP contribution in [0, 0.1) is 11.8 Å². The summed E-state index contributed by atoms with van der Waals surface area (Å²) in [6.45, 7) is 6.95. The zero-order chi connectivity index (χ0) is 23.6. The van der Waals surface area contributed by atoms with Crippen LogP contribution in [0.15, 0.2) is 0 Å². The molecule has 0 rings (SSSR count). The van der Waals surface area contributed by atoms with Crippen LogP contribution in [0.1, 0.15) is 40.5 Å². The number of rotatable bonds is 13. The van der Waals surface area contributed by atoms with Gasteiger partial charge < -0.3 is 31.9 Å². The van der Waals surface area contributed by atoms with Crippen molar-refractivity contribution in [3.05, 3.63) is 0 Å². The monoisotopic (exact) mass is 448 g/mol. The fourth-order valence-corrected chi connectivity index (χ4v) is 2.66. The van der Waals surface area contributed by atoms with E-state index in [0.717, 1.165) is 0 Å². The molecule has 12 heteroatoms. The molecule has 3 amide bonds. The van der Waals surface area contributed by atoms with Crippen LogP contribution in [0.2, 0.25) is 0 Å². The van der Waals surface area contributed by atoms with Gasteiger partial charge in [-0.05, 0) is 18.3 Å². The number of amides is 3. The molecular formula is C18H32N4O7S. The van der Waals surface area contributed by atoms with Gasteiger partial charge in [0.2, 0.25) is 17.7 Å². The van der Waals surface area contributed by atoms with Gasteiger partial charge >= 0.3 is 11.9 Å². The molecule has 0 radical (unpaired) electrons.